The van der Waals surface area contributed by atoms with Crippen LogP contribution in [0.15, 0.2) is 97.1 Å². The zero-order valence-corrected chi connectivity index (χ0v) is 22.7. The molecule has 5 aromatic rings. The van der Waals surface area contributed by atoms with Gasteiger partial charge in [-0.15, -0.1) is 0 Å². The van der Waals surface area contributed by atoms with Gasteiger partial charge in [0.2, 0.25) is 0 Å². The number of halogens is 1. The first-order valence-corrected chi connectivity index (χ1v) is 13.6. The zero-order chi connectivity index (χ0) is 25.7. The maximum atomic E-state index is 13.9. The lowest BCUT2D eigenvalue weighted by Gasteiger charge is -2.39. The van der Waals surface area contributed by atoms with Gasteiger partial charge in [-0.25, -0.2) is 0 Å². The molecule has 37 heavy (non-hydrogen) atoms. The number of rotatable bonds is 4. The predicted molar refractivity (Wildman–Crippen MR) is 158 cm³/mol. The van der Waals surface area contributed by atoms with E-state index >= 15 is 0 Å². The summed E-state index contributed by atoms with van der Waals surface area (Å²) in [5, 5.41) is 4.02. The Morgan fingerprint density at radius 3 is 2.16 bits per heavy atom. The average molecular weight is 595 g/mol. The van der Waals surface area contributed by atoms with Gasteiger partial charge >= 0.3 is 0 Å². The Morgan fingerprint density at radius 2 is 1.46 bits per heavy atom. The summed E-state index contributed by atoms with van der Waals surface area (Å²) in [5.41, 5.74) is 10.3. The highest BCUT2D eigenvalue weighted by Crippen LogP contribution is 2.48. The number of nitrogens with two attached hydrogens (primary N) is 1. The molecule has 0 saturated carbocycles. The van der Waals surface area contributed by atoms with Crippen molar-refractivity contribution in [1.82, 2.24) is 0 Å². The molecule has 0 bridgehead atoms. The second-order valence-corrected chi connectivity index (χ2v) is 11.2. The van der Waals surface area contributed by atoms with Crippen molar-refractivity contribution in [2.45, 2.75) is 31.2 Å². The van der Waals surface area contributed by atoms with Crippen LogP contribution in [0.2, 0.25) is 0 Å². The van der Waals surface area contributed by atoms with Crippen LogP contribution in [0.4, 0.5) is 0 Å². The molecule has 1 aliphatic carbocycles. The Labute approximate surface area is 229 Å². The van der Waals surface area contributed by atoms with Gasteiger partial charge in [0.15, 0.2) is 11.6 Å². The summed E-state index contributed by atoms with van der Waals surface area (Å²) in [6, 6.07) is 32.3. The Kier molecular flexibility index (Phi) is 5.97. The number of benzene rings is 5. The highest BCUT2D eigenvalue weighted by atomic mass is 127. The fraction of sp³-hybridized carbons (Fsp3) is 0.152. The normalized spacial score (nSPS) is 19.1. The fourth-order valence-electron chi connectivity index (χ4n) is 5.95. The maximum Gasteiger partial charge on any atom is 0.193 e. The molecule has 0 spiro atoms. The molecule has 0 aliphatic heterocycles. The smallest absolute Gasteiger partial charge is 0.193 e. The highest BCUT2D eigenvalue weighted by molar-refractivity contribution is 14.1. The number of Topliss-reactive ketones (excluding diaryl/α,β-unsaturated/α-hetero) is 1. The van der Waals surface area contributed by atoms with E-state index in [9.17, 15) is 9.59 Å². The number of hydrogen-bond donors (Lipinski definition) is 1. The summed E-state index contributed by atoms with van der Waals surface area (Å²) in [4.78, 5) is 26.8. The quantitative estimate of drug-likeness (QED) is 0.133. The minimum atomic E-state index is -1.04. The fourth-order valence-corrected chi connectivity index (χ4v) is 6.31. The van der Waals surface area contributed by atoms with Crippen LogP contribution in [-0.4, -0.2) is 11.6 Å². The van der Waals surface area contributed by atoms with Crippen LogP contribution in [0.25, 0.3) is 21.5 Å². The predicted octanol–water partition coefficient (Wildman–Crippen LogP) is 7.50. The SMILES string of the molecule is CC(=O)C1(N)CCC(c2ccccc2)c2c1ccc1c2cc(C(=O)c2ccc(I)cc2)c2ccccc21. The Hall–Kier alpha value is -3.35. The van der Waals surface area contributed by atoms with Crippen LogP contribution in [-0.2, 0) is 10.3 Å². The number of ketones is 2. The largest absolute Gasteiger partial charge is 0.315 e. The van der Waals surface area contributed by atoms with Crippen molar-refractivity contribution in [2.75, 3.05) is 0 Å². The molecule has 0 amide bonds. The second kappa shape index (κ2) is 9.19. The van der Waals surface area contributed by atoms with Gasteiger partial charge in [0.05, 0.1) is 0 Å². The summed E-state index contributed by atoms with van der Waals surface area (Å²) in [6.45, 7) is 1.59. The molecule has 2 unspecified atom stereocenters. The van der Waals surface area contributed by atoms with Crippen molar-refractivity contribution < 1.29 is 9.59 Å². The van der Waals surface area contributed by atoms with E-state index in [1.165, 1.54) is 5.56 Å². The van der Waals surface area contributed by atoms with E-state index in [2.05, 4.69) is 59.0 Å². The lowest BCUT2D eigenvalue weighted by molar-refractivity contribution is -0.122. The molecule has 2 atom stereocenters. The van der Waals surface area contributed by atoms with E-state index in [0.29, 0.717) is 17.5 Å². The molecule has 0 aromatic heterocycles. The Morgan fingerprint density at radius 1 is 0.811 bits per heavy atom. The molecule has 3 nitrogen and oxygen atoms in total. The standard InChI is InChI=1S/C33H26INO2/c1-20(36)33(35)18-17-24(21-7-3-2-4-8-21)31-28-19-29(32(37)22-11-13-23(34)14-12-22)26-10-6-5-9-25(26)27(28)15-16-30(31)33/h2-16,19,24H,17-18,35H2,1H3. The Bertz CT molecular complexity index is 1690. The van der Waals surface area contributed by atoms with E-state index in [4.69, 9.17) is 5.73 Å². The van der Waals surface area contributed by atoms with Gasteiger partial charge in [0.25, 0.3) is 0 Å². The van der Waals surface area contributed by atoms with E-state index in [0.717, 1.165) is 42.7 Å². The van der Waals surface area contributed by atoms with Gasteiger partial charge in [-0.2, -0.15) is 0 Å². The van der Waals surface area contributed by atoms with E-state index in [1.54, 1.807) is 6.92 Å². The molecule has 6 rings (SSSR count). The van der Waals surface area contributed by atoms with Gasteiger partial charge in [-0.1, -0.05) is 66.7 Å². The molecule has 0 heterocycles. The maximum absolute atomic E-state index is 13.9. The number of fused-ring (bicyclic) bond motifs is 5. The third-order valence-corrected chi connectivity index (χ3v) is 8.64. The first-order valence-electron chi connectivity index (χ1n) is 12.5. The van der Waals surface area contributed by atoms with E-state index < -0.39 is 5.54 Å². The summed E-state index contributed by atoms with van der Waals surface area (Å²) in [5.74, 6) is 0.0404. The molecular weight excluding hydrogens is 569 g/mol. The number of carbonyl (C=O) groups excluding carboxylic acids is 2. The third-order valence-electron chi connectivity index (χ3n) is 7.92. The van der Waals surface area contributed by atoms with Crippen molar-refractivity contribution in [3.63, 3.8) is 0 Å². The molecule has 5 aromatic carbocycles. The van der Waals surface area contributed by atoms with E-state index in [1.807, 2.05) is 60.7 Å². The monoisotopic (exact) mass is 595 g/mol. The first kappa shape index (κ1) is 24.0. The molecule has 0 saturated heterocycles. The van der Waals surface area contributed by atoms with Crippen molar-refractivity contribution in [3.8, 4) is 0 Å². The van der Waals surface area contributed by atoms with Crippen LogP contribution >= 0.6 is 22.6 Å². The van der Waals surface area contributed by atoms with Gasteiger partial charge in [0.1, 0.15) is 5.54 Å². The van der Waals surface area contributed by atoms with Crippen LogP contribution < -0.4 is 5.73 Å². The minimum absolute atomic E-state index is 0.00949. The van der Waals surface area contributed by atoms with Crippen LogP contribution in [0, 0.1) is 3.57 Å². The van der Waals surface area contributed by atoms with Gasteiger partial charge < -0.3 is 5.73 Å². The molecular formula is C33H26INO2. The lowest BCUT2D eigenvalue weighted by atomic mass is 9.67. The molecule has 182 valence electrons. The summed E-state index contributed by atoms with van der Waals surface area (Å²) in [7, 11) is 0. The van der Waals surface area contributed by atoms with E-state index in [-0.39, 0.29) is 17.5 Å². The molecule has 2 N–H and O–H groups in total. The van der Waals surface area contributed by atoms with Gasteiger partial charge in [-0.3, -0.25) is 9.59 Å². The molecule has 1 aliphatic rings. The van der Waals surface area contributed by atoms with Crippen LogP contribution in [0.1, 0.15) is 58.3 Å². The molecule has 0 radical (unpaired) electrons. The van der Waals surface area contributed by atoms with Crippen molar-refractivity contribution in [3.05, 3.63) is 128 Å². The number of carbonyl (C=O) groups is 2. The number of hydrogen-bond acceptors (Lipinski definition) is 3. The summed E-state index contributed by atoms with van der Waals surface area (Å²) in [6.07, 6.45) is 1.35. The van der Waals surface area contributed by atoms with Crippen LogP contribution in [0.5, 0.6) is 0 Å². The summed E-state index contributed by atoms with van der Waals surface area (Å²) >= 11 is 2.25. The zero-order valence-electron chi connectivity index (χ0n) is 20.5. The second-order valence-electron chi connectivity index (χ2n) is 9.96. The Balaban J connectivity index is 1.71. The summed E-state index contributed by atoms with van der Waals surface area (Å²) < 4.78 is 1.08. The highest BCUT2D eigenvalue weighted by Gasteiger charge is 2.41. The topological polar surface area (TPSA) is 60.2 Å². The van der Waals surface area contributed by atoms with Gasteiger partial charge in [-0.05, 0) is 111 Å². The van der Waals surface area contributed by atoms with Gasteiger partial charge in [0, 0.05) is 20.6 Å². The first-order chi connectivity index (χ1) is 17.9. The minimum Gasteiger partial charge on any atom is -0.315 e. The average Bonchev–Trinajstić information content (AvgIpc) is 2.93. The molecule has 4 heteroatoms. The third kappa shape index (κ3) is 3.90. The van der Waals surface area contributed by atoms with Crippen molar-refractivity contribution in [2.24, 2.45) is 5.73 Å². The van der Waals surface area contributed by atoms with Crippen LogP contribution in [0.3, 0.4) is 0 Å². The van der Waals surface area contributed by atoms with Crippen molar-refractivity contribution in [1.29, 1.82) is 0 Å². The molecule has 0 fully saturated rings. The van der Waals surface area contributed by atoms with Crippen molar-refractivity contribution >= 4 is 55.7 Å². The lowest BCUT2D eigenvalue weighted by Crippen LogP contribution is -2.47.